The molecule has 2 rings (SSSR count). The minimum atomic E-state index is 0. The summed E-state index contributed by atoms with van der Waals surface area (Å²) in [6.07, 6.45) is 0. The van der Waals surface area contributed by atoms with Crippen LogP contribution < -0.4 is 15.4 Å². The number of methoxy groups -OCH3 is 1. The molecule has 0 aliphatic heterocycles. The van der Waals surface area contributed by atoms with Crippen LogP contribution in [0, 0.1) is 13.8 Å². The number of ether oxygens (including phenoxy) is 1. The molecule has 1 aromatic carbocycles. The zero-order valence-electron chi connectivity index (χ0n) is 15.4. The minimum Gasteiger partial charge on any atom is -0.496 e. The highest BCUT2D eigenvalue weighted by Crippen LogP contribution is 2.22. The predicted octanol–water partition coefficient (Wildman–Crippen LogP) is 3.39. The molecule has 1 atom stereocenters. The third-order valence-corrected chi connectivity index (χ3v) is 4.02. The van der Waals surface area contributed by atoms with Crippen LogP contribution >= 0.6 is 24.0 Å². The second kappa shape index (κ2) is 10.3. The van der Waals surface area contributed by atoms with E-state index >= 15 is 0 Å². The molecular formula is C18H27IN4O2. The summed E-state index contributed by atoms with van der Waals surface area (Å²) in [6.45, 7) is 7.45. The highest BCUT2D eigenvalue weighted by Gasteiger charge is 2.16. The van der Waals surface area contributed by atoms with E-state index < -0.39 is 0 Å². The lowest BCUT2D eigenvalue weighted by Gasteiger charge is -2.17. The largest absolute Gasteiger partial charge is 0.496 e. The van der Waals surface area contributed by atoms with Crippen molar-refractivity contribution >= 4 is 29.9 Å². The molecule has 2 N–H and O–H groups in total. The smallest absolute Gasteiger partial charge is 0.191 e. The number of aliphatic imine (C=N–C) groups is 1. The highest BCUT2D eigenvalue weighted by molar-refractivity contribution is 14.0. The fraction of sp³-hybridized carbons (Fsp3) is 0.444. The number of para-hydroxylation sites is 1. The lowest BCUT2D eigenvalue weighted by atomic mass is 10.00. The summed E-state index contributed by atoms with van der Waals surface area (Å²) in [5.74, 6) is 2.77. The zero-order valence-corrected chi connectivity index (χ0v) is 17.8. The molecule has 0 radical (unpaired) electrons. The number of hydrogen-bond donors (Lipinski definition) is 2. The predicted molar refractivity (Wildman–Crippen MR) is 111 cm³/mol. The Morgan fingerprint density at radius 1 is 1.28 bits per heavy atom. The summed E-state index contributed by atoms with van der Waals surface area (Å²) in [7, 11) is 3.44. The Morgan fingerprint density at radius 2 is 2.00 bits per heavy atom. The van der Waals surface area contributed by atoms with Gasteiger partial charge in [0, 0.05) is 37.2 Å². The van der Waals surface area contributed by atoms with Crippen molar-refractivity contribution in [3.63, 3.8) is 0 Å². The van der Waals surface area contributed by atoms with Crippen molar-refractivity contribution in [3.8, 4) is 5.75 Å². The number of halogens is 1. The fourth-order valence-corrected chi connectivity index (χ4v) is 2.79. The van der Waals surface area contributed by atoms with Gasteiger partial charge in [0.2, 0.25) is 0 Å². The number of aromatic nitrogens is 1. The van der Waals surface area contributed by atoms with E-state index in [2.05, 4.69) is 27.7 Å². The van der Waals surface area contributed by atoms with Crippen LogP contribution in [0.25, 0.3) is 0 Å². The van der Waals surface area contributed by atoms with Gasteiger partial charge in [0.25, 0.3) is 0 Å². The monoisotopic (exact) mass is 458 g/mol. The van der Waals surface area contributed by atoms with E-state index in [0.29, 0.717) is 6.54 Å². The average Bonchev–Trinajstić information content (AvgIpc) is 2.93. The number of aryl methyl sites for hydroxylation is 2. The van der Waals surface area contributed by atoms with Crippen molar-refractivity contribution in [2.45, 2.75) is 33.2 Å². The fourth-order valence-electron chi connectivity index (χ4n) is 2.79. The number of guanidine groups is 1. The molecule has 1 heterocycles. The van der Waals surface area contributed by atoms with Crippen molar-refractivity contribution in [1.29, 1.82) is 0 Å². The molecule has 0 saturated carbocycles. The number of rotatable bonds is 6. The lowest BCUT2D eigenvalue weighted by molar-refractivity contribution is 0.391. The van der Waals surface area contributed by atoms with Crippen LogP contribution in [0.15, 0.2) is 33.8 Å². The van der Waals surface area contributed by atoms with Gasteiger partial charge in [0.05, 0.1) is 12.8 Å². The molecule has 138 valence electrons. The maximum Gasteiger partial charge on any atom is 0.191 e. The summed E-state index contributed by atoms with van der Waals surface area (Å²) in [5, 5.41) is 10.7. The average molecular weight is 458 g/mol. The molecule has 7 heteroatoms. The van der Waals surface area contributed by atoms with Crippen molar-refractivity contribution in [2.75, 3.05) is 20.7 Å². The van der Waals surface area contributed by atoms with Gasteiger partial charge in [-0.15, -0.1) is 24.0 Å². The van der Waals surface area contributed by atoms with Gasteiger partial charge in [0.15, 0.2) is 5.96 Å². The van der Waals surface area contributed by atoms with Gasteiger partial charge in [-0.2, -0.15) is 0 Å². The maximum absolute atomic E-state index is 5.37. The Balaban J connectivity index is 0.00000312. The summed E-state index contributed by atoms with van der Waals surface area (Å²) in [5.41, 5.74) is 3.18. The number of hydrogen-bond acceptors (Lipinski definition) is 4. The molecule has 0 bridgehead atoms. The van der Waals surface area contributed by atoms with Gasteiger partial charge in [-0.05, 0) is 19.9 Å². The van der Waals surface area contributed by atoms with E-state index in [1.165, 1.54) is 0 Å². The normalized spacial score (nSPS) is 12.3. The van der Waals surface area contributed by atoms with Crippen molar-refractivity contribution in [3.05, 3.63) is 46.8 Å². The van der Waals surface area contributed by atoms with Crippen LogP contribution in [0.1, 0.15) is 35.4 Å². The van der Waals surface area contributed by atoms with E-state index in [4.69, 9.17) is 9.26 Å². The standard InChI is InChI=1S/C18H26N4O2.HI/c1-12(17-13(2)22-24-14(17)3)10-20-18(19-4)21-11-15-8-6-7-9-16(15)23-5;/h6-9,12H,10-11H2,1-5H3,(H2,19,20,21);1H. The molecule has 0 spiro atoms. The Bertz CT molecular complexity index is 681. The van der Waals surface area contributed by atoms with Crippen LogP contribution in [-0.2, 0) is 6.54 Å². The summed E-state index contributed by atoms with van der Waals surface area (Å²) >= 11 is 0. The molecule has 1 unspecified atom stereocenters. The minimum absolute atomic E-state index is 0. The van der Waals surface area contributed by atoms with Crippen LogP contribution in [0.2, 0.25) is 0 Å². The van der Waals surface area contributed by atoms with Gasteiger partial charge in [-0.1, -0.05) is 30.3 Å². The van der Waals surface area contributed by atoms with Crippen molar-refractivity contribution in [2.24, 2.45) is 4.99 Å². The Labute approximate surface area is 166 Å². The Kier molecular flexibility index (Phi) is 8.74. The summed E-state index contributed by atoms with van der Waals surface area (Å²) < 4.78 is 10.6. The van der Waals surface area contributed by atoms with E-state index in [0.717, 1.165) is 40.8 Å². The third-order valence-electron chi connectivity index (χ3n) is 4.02. The molecule has 2 aromatic rings. The van der Waals surface area contributed by atoms with E-state index in [1.54, 1.807) is 14.2 Å². The molecule has 0 amide bonds. The molecule has 0 aliphatic rings. The van der Waals surface area contributed by atoms with Crippen LogP contribution in [0.4, 0.5) is 0 Å². The Morgan fingerprint density at radius 3 is 2.60 bits per heavy atom. The van der Waals surface area contributed by atoms with Gasteiger partial charge < -0.3 is 19.9 Å². The first-order valence-corrected chi connectivity index (χ1v) is 8.06. The van der Waals surface area contributed by atoms with Crippen molar-refractivity contribution < 1.29 is 9.26 Å². The van der Waals surface area contributed by atoms with Crippen LogP contribution in [0.3, 0.4) is 0 Å². The second-order valence-corrected chi connectivity index (χ2v) is 5.76. The molecule has 1 aromatic heterocycles. The van der Waals surface area contributed by atoms with Gasteiger partial charge in [-0.25, -0.2) is 0 Å². The van der Waals surface area contributed by atoms with E-state index in [1.807, 2.05) is 38.1 Å². The van der Waals surface area contributed by atoms with Gasteiger partial charge >= 0.3 is 0 Å². The lowest BCUT2D eigenvalue weighted by Crippen LogP contribution is -2.38. The molecule has 6 nitrogen and oxygen atoms in total. The molecule has 0 aliphatic carbocycles. The maximum atomic E-state index is 5.37. The summed E-state index contributed by atoms with van der Waals surface area (Å²) in [6, 6.07) is 7.94. The van der Waals surface area contributed by atoms with E-state index in [9.17, 15) is 0 Å². The van der Waals surface area contributed by atoms with Gasteiger partial charge in [-0.3, -0.25) is 4.99 Å². The van der Waals surface area contributed by atoms with Gasteiger partial charge in [0.1, 0.15) is 11.5 Å². The molecule has 0 fully saturated rings. The SMILES string of the molecule is CN=C(NCc1ccccc1OC)NCC(C)c1c(C)noc1C.I. The molecule has 0 saturated heterocycles. The molecule has 25 heavy (non-hydrogen) atoms. The first-order chi connectivity index (χ1) is 11.6. The first-order valence-electron chi connectivity index (χ1n) is 8.06. The second-order valence-electron chi connectivity index (χ2n) is 5.76. The third kappa shape index (κ3) is 5.62. The van der Waals surface area contributed by atoms with Crippen molar-refractivity contribution in [1.82, 2.24) is 15.8 Å². The quantitative estimate of drug-likeness (QED) is 0.395. The topological polar surface area (TPSA) is 71.7 Å². The highest BCUT2D eigenvalue weighted by atomic mass is 127. The van der Waals surface area contributed by atoms with E-state index in [-0.39, 0.29) is 29.9 Å². The first kappa shape index (κ1) is 21.3. The summed E-state index contributed by atoms with van der Waals surface area (Å²) in [4.78, 5) is 4.27. The molecular weight excluding hydrogens is 431 g/mol. The number of nitrogens with one attached hydrogen (secondary N) is 2. The van der Waals surface area contributed by atoms with Crippen LogP contribution in [-0.4, -0.2) is 31.8 Å². The Hall–Kier alpha value is -1.77. The van der Waals surface area contributed by atoms with Crippen LogP contribution in [0.5, 0.6) is 5.75 Å². The number of benzene rings is 1. The number of nitrogens with zero attached hydrogens (tertiary/aromatic N) is 2. The zero-order chi connectivity index (χ0) is 17.5.